The first-order valence-corrected chi connectivity index (χ1v) is 13.1. The normalized spacial score (nSPS) is 12.2. The number of anilines is 2. The van der Waals surface area contributed by atoms with Crippen molar-refractivity contribution < 1.29 is 14.3 Å². The predicted molar refractivity (Wildman–Crippen MR) is 157 cm³/mol. The standard InChI is InChI=1S/C31H36N6O3/c1-22(34-29(39)40-30(2,3)4)33-28(38)35-26-21-32-37(5)27(26)36-31(23-15-9-6-10-16-23,24-17-11-7-12-18-24)25-19-13-8-14-20-25/h6-22,36H,1-5H3,(H,34,39)(H2,33,35,38). The van der Waals surface area contributed by atoms with Gasteiger partial charge in [0.25, 0.3) is 0 Å². The number of rotatable bonds is 8. The Kier molecular flexibility index (Phi) is 8.43. The Morgan fingerprint density at radius 3 is 1.73 bits per heavy atom. The van der Waals surface area contributed by atoms with Crippen LogP contribution in [0.2, 0.25) is 0 Å². The molecule has 9 nitrogen and oxygen atoms in total. The molecule has 4 rings (SSSR count). The first kappa shape index (κ1) is 28.2. The highest BCUT2D eigenvalue weighted by Gasteiger charge is 2.38. The molecular weight excluding hydrogens is 504 g/mol. The molecule has 0 aliphatic carbocycles. The molecule has 0 spiro atoms. The zero-order valence-electron chi connectivity index (χ0n) is 23.4. The Hall–Kier alpha value is -4.79. The van der Waals surface area contributed by atoms with Gasteiger partial charge in [-0.15, -0.1) is 0 Å². The number of hydrogen-bond donors (Lipinski definition) is 4. The molecule has 0 saturated carbocycles. The number of aryl methyl sites for hydroxylation is 1. The highest BCUT2D eigenvalue weighted by Crippen LogP contribution is 2.41. The lowest BCUT2D eigenvalue weighted by Gasteiger charge is -2.38. The summed E-state index contributed by atoms with van der Waals surface area (Å²) in [5.74, 6) is 0.597. The van der Waals surface area contributed by atoms with Crippen LogP contribution in [0, 0.1) is 0 Å². The minimum Gasteiger partial charge on any atom is -0.444 e. The maximum Gasteiger partial charge on any atom is 0.409 e. The van der Waals surface area contributed by atoms with Crippen molar-refractivity contribution in [2.45, 2.75) is 45.0 Å². The van der Waals surface area contributed by atoms with E-state index in [0.29, 0.717) is 11.5 Å². The third-order valence-corrected chi connectivity index (χ3v) is 6.19. The van der Waals surface area contributed by atoms with Gasteiger partial charge in [0, 0.05) is 7.05 Å². The number of nitrogens with zero attached hydrogens (tertiary/aromatic N) is 2. The van der Waals surface area contributed by atoms with Crippen LogP contribution in [0.5, 0.6) is 0 Å². The first-order valence-electron chi connectivity index (χ1n) is 13.1. The summed E-state index contributed by atoms with van der Waals surface area (Å²) in [4.78, 5) is 25.0. The van der Waals surface area contributed by atoms with Gasteiger partial charge in [0.05, 0.1) is 6.20 Å². The van der Waals surface area contributed by atoms with Crippen LogP contribution in [0.3, 0.4) is 0 Å². The highest BCUT2D eigenvalue weighted by atomic mass is 16.6. The summed E-state index contributed by atoms with van der Waals surface area (Å²) in [5, 5.41) is 16.4. The Bertz CT molecular complexity index is 1320. The fourth-order valence-corrected chi connectivity index (χ4v) is 4.51. The Labute approximate surface area is 234 Å². The minimum atomic E-state index is -0.809. The summed E-state index contributed by atoms with van der Waals surface area (Å²) < 4.78 is 6.95. The molecule has 1 unspecified atom stereocenters. The van der Waals surface area contributed by atoms with Gasteiger partial charge in [-0.3, -0.25) is 4.68 Å². The van der Waals surface area contributed by atoms with Crippen molar-refractivity contribution in [3.05, 3.63) is 114 Å². The van der Waals surface area contributed by atoms with Crippen LogP contribution in [0.15, 0.2) is 97.2 Å². The maximum absolute atomic E-state index is 12.9. The number of urea groups is 1. The van der Waals surface area contributed by atoms with E-state index in [2.05, 4.69) is 62.8 Å². The largest absolute Gasteiger partial charge is 0.444 e. The fraction of sp³-hybridized carbons (Fsp3) is 0.258. The van der Waals surface area contributed by atoms with Crippen molar-refractivity contribution >= 4 is 23.6 Å². The topological polar surface area (TPSA) is 109 Å². The van der Waals surface area contributed by atoms with E-state index in [1.165, 1.54) is 0 Å². The summed E-state index contributed by atoms with van der Waals surface area (Å²) in [5.41, 5.74) is 2.05. The summed E-state index contributed by atoms with van der Waals surface area (Å²) in [7, 11) is 1.81. The second-order valence-electron chi connectivity index (χ2n) is 10.5. The van der Waals surface area contributed by atoms with E-state index in [0.717, 1.165) is 16.7 Å². The predicted octanol–water partition coefficient (Wildman–Crippen LogP) is 5.82. The summed E-state index contributed by atoms with van der Waals surface area (Å²) in [6.07, 6.45) is 0.280. The Balaban J connectivity index is 1.66. The van der Waals surface area contributed by atoms with Gasteiger partial charge in [0.15, 0.2) is 0 Å². The van der Waals surface area contributed by atoms with E-state index in [1.54, 1.807) is 38.6 Å². The number of carbonyl (C=O) groups is 2. The van der Waals surface area contributed by atoms with Crippen LogP contribution < -0.4 is 21.3 Å². The average Bonchev–Trinajstić information content (AvgIpc) is 3.25. The molecule has 0 bridgehead atoms. The molecule has 0 aliphatic heterocycles. The molecule has 4 N–H and O–H groups in total. The van der Waals surface area contributed by atoms with Crippen molar-refractivity contribution in [1.29, 1.82) is 0 Å². The zero-order chi connectivity index (χ0) is 28.8. The lowest BCUT2D eigenvalue weighted by Crippen LogP contribution is -2.48. The summed E-state index contributed by atoms with van der Waals surface area (Å²) >= 11 is 0. The SMILES string of the molecule is CC(NC(=O)Nc1cnn(C)c1NC(c1ccccc1)(c1ccccc1)c1ccccc1)NC(=O)OC(C)(C)C. The fourth-order valence-electron chi connectivity index (χ4n) is 4.51. The first-order chi connectivity index (χ1) is 19.1. The van der Waals surface area contributed by atoms with E-state index < -0.39 is 29.4 Å². The summed E-state index contributed by atoms with van der Waals surface area (Å²) in [6, 6.07) is 29.9. The van der Waals surface area contributed by atoms with Crippen LogP contribution in [0.25, 0.3) is 0 Å². The molecule has 0 radical (unpaired) electrons. The van der Waals surface area contributed by atoms with Gasteiger partial charge in [-0.05, 0) is 44.4 Å². The lowest BCUT2D eigenvalue weighted by molar-refractivity contribution is 0.0504. The lowest BCUT2D eigenvalue weighted by atomic mass is 9.77. The Morgan fingerprint density at radius 1 is 0.800 bits per heavy atom. The van der Waals surface area contributed by atoms with Gasteiger partial charge < -0.3 is 26.0 Å². The van der Waals surface area contributed by atoms with Crippen molar-refractivity contribution in [3.8, 4) is 0 Å². The summed E-state index contributed by atoms with van der Waals surface area (Å²) in [6.45, 7) is 6.97. The molecule has 0 fully saturated rings. The van der Waals surface area contributed by atoms with Crippen LogP contribution in [0.1, 0.15) is 44.4 Å². The maximum atomic E-state index is 12.9. The van der Waals surface area contributed by atoms with Gasteiger partial charge in [0.1, 0.15) is 28.8 Å². The van der Waals surface area contributed by atoms with Crippen LogP contribution in [-0.4, -0.2) is 33.7 Å². The number of alkyl carbamates (subject to hydrolysis) is 1. The van der Waals surface area contributed by atoms with Gasteiger partial charge in [-0.1, -0.05) is 91.0 Å². The zero-order valence-corrected chi connectivity index (χ0v) is 23.4. The number of amides is 3. The third-order valence-electron chi connectivity index (χ3n) is 6.19. The molecule has 4 aromatic rings. The average molecular weight is 541 g/mol. The molecule has 1 heterocycles. The Morgan fingerprint density at radius 2 is 1.27 bits per heavy atom. The molecule has 208 valence electrons. The molecular formula is C31H36N6O3. The monoisotopic (exact) mass is 540 g/mol. The second-order valence-corrected chi connectivity index (χ2v) is 10.5. The number of ether oxygens (including phenoxy) is 1. The van der Waals surface area contributed by atoms with E-state index in [1.807, 2.05) is 61.6 Å². The van der Waals surface area contributed by atoms with Crippen LogP contribution >= 0.6 is 0 Å². The van der Waals surface area contributed by atoms with Gasteiger partial charge >= 0.3 is 12.1 Å². The molecule has 0 saturated heterocycles. The minimum absolute atomic E-state index is 0.469. The second kappa shape index (κ2) is 11.9. The molecule has 1 atom stereocenters. The number of benzene rings is 3. The van der Waals surface area contributed by atoms with E-state index in [-0.39, 0.29) is 0 Å². The smallest absolute Gasteiger partial charge is 0.409 e. The highest BCUT2D eigenvalue weighted by molar-refractivity contribution is 5.93. The van der Waals surface area contributed by atoms with Gasteiger partial charge in [-0.25, -0.2) is 9.59 Å². The van der Waals surface area contributed by atoms with Crippen LogP contribution in [-0.2, 0) is 17.3 Å². The van der Waals surface area contributed by atoms with Gasteiger partial charge in [-0.2, -0.15) is 5.10 Å². The molecule has 3 amide bonds. The van der Waals surface area contributed by atoms with E-state index in [9.17, 15) is 9.59 Å². The van der Waals surface area contributed by atoms with E-state index in [4.69, 9.17) is 4.74 Å². The number of nitrogens with one attached hydrogen (secondary N) is 4. The number of carbonyl (C=O) groups excluding carboxylic acids is 2. The third kappa shape index (κ3) is 6.61. The molecule has 40 heavy (non-hydrogen) atoms. The van der Waals surface area contributed by atoms with Crippen molar-refractivity contribution in [2.24, 2.45) is 7.05 Å². The molecule has 1 aromatic heterocycles. The molecule has 9 heteroatoms. The number of hydrogen-bond acceptors (Lipinski definition) is 5. The number of aromatic nitrogens is 2. The molecule has 3 aromatic carbocycles. The quantitative estimate of drug-likeness (QED) is 0.166. The van der Waals surface area contributed by atoms with Crippen molar-refractivity contribution in [1.82, 2.24) is 20.4 Å². The van der Waals surface area contributed by atoms with Crippen molar-refractivity contribution in [3.63, 3.8) is 0 Å². The van der Waals surface area contributed by atoms with Gasteiger partial charge in [0.2, 0.25) is 0 Å². The molecule has 0 aliphatic rings. The van der Waals surface area contributed by atoms with Crippen LogP contribution in [0.4, 0.5) is 21.1 Å². The van der Waals surface area contributed by atoms with Crippen molar-refractivity contribution in [2.75, 3.05) is 10.6 Å². The van der Waals surface area contributed by atoms with E-state index >= 15 is 0 Å².